The van der Waals surface area contributed by atoms with Gasteiger partial charge in [-0.25, -0.2) is 28.1 Å². The summed E-state index contributed by atoms with van der Waals surface area (Å²) in [6.07, 6.45) is 4.39. The number of nitrogens with zero attached hydrogens (tertiary/aromatic N) is 7. The Morgan fingerprint density at radius 1 is 1.19 bits per heavy atom. The minimum Gasteiger partial charge on any atom is -0.394 e. The summed E-state index contributed by atoms with van der Waals surface area (Å²) in [6, 6.07) is 1.30. The number of halogens is 4. The molecule has 0 bridgehead atoms. The lowest BCUT2D eigenvalue weighted by atomic mass is 10.0. The number of anilines is 2. The van der Waals surface area contributed by atoms with Crippen LogP contribution in [0.25, 0.3) is 11.3 Å². The van der Waals surface area contributed by atoms with Crippen LogP contribution in [0.1, 0.15) is 46.2 Å². The molecule has 1 saturated carbocycles. The lowest BCUT2D eigenvalue weighted by Gasteiger charge is -2.20. The van der Waals surface area contributed by atoms with Crippen molar-refractivity contribution in [3.63, 3.8) is 0 Å². The Morgan fingerprint density at radius 3 is 2.69 bits per heavy atom. The molecule has 11 nitrogen and oxygen atoms in total. The number of aryl methyl sites for hydroxylation is 1. The molecule has 2 N–H and O–H groups in total. The Morgan fingerprint density at radius 2 is 2.00 bits per heavy atom. The molecule has 2 aliphatic rings. The van der Waals surface area contributed by atoms with E-state index < -0.39 is 35.3 Å². The molecule has 216 valence electrons. The molecule has 1 saturated heterocycles. The first-order valence-corrected chi connectivity index (χ1v) is 13.2. The number of carbonyl (C=O) groups is 2. The van der Waals surface area contributed by atoms with Gasteiger partial charge in [0, 0.05) is 47.2 Å². The van der Waals surface area contributed by atoms with E-state index in [2.05, 4.69) is 30.4 Å². The first kappa shape index (κ1) is 27.7. The zero-order valence-corrected chi connectivity index (χ0v) is 22.6. The molecule has 0 radical (unpaired) electrons. The molecule has 4 heterocycles. The highest BCUT2D eigenvalue weighted by Crippen LogP contribution is 2.46. The Balaban J connectivity index is 1.20. The monoisotopic (exact) mass is 598 g/mol. The normalized spacial score (nSPS) is 18.4. The molecule has 3 atom stereocenters. The lowest BCUT2D eigenvalue weighted by Crippen LogP contribution is -2.30. The van der Waals surface area contributed by atoms with E-state index in [1.165, 1.54) is 17.1 Å². The summed E-state index contributed by atoms with van der Waals surface area (Å²) in [6.45, 7) is 1.98. The van der Waals surface area contributed by atoms with Gasteiger partial charge < -0.3 is 10.4 Å². The zero-order chi connectivity index (χ0) is 29.7. The molecule has 0 unspecified atom stereocenters. The molecule has 4 aromatic rings. The van der Waals surface area contributed by atoms with Crippen molar-refractivity contribution in [2.45, 2.75) is 25.8 Å². The Hall–Kier alpha value is -4.43. The van der Waals surface area contributed by atoms with Crippen LogP contribution in [0, 0.1) is 24.6 Å². The van der Waals surface area contributed by atoms with Gasteiger partial charge in [0.1, 0.15) is 11.7 Å². The van der Waals surface area contributed by atoms with Gasteiger partial charge in [-0.1, -0.05) is 17.7 Å². The van der Waals surface area contributed by atoms with Gasteiger partial charge in [0.2, 0.25) is 11.9 Å². The molecular weight excluding hydrogens is 577 g/mol. The predicted octanol–water partition coefficient (Wildman–Crippen LogP) is 3.99. The summed E-state index contributed by atoms with van der Waals surface area (Å²) in [5, 5.41) is 16.6. The highest BCUT2D eigenvalue weighted by atomic mass is 35.5. The maximum atomic E-state index is 14.7. The number of piperidine rings is 1. The van der Waals surface area contributed by atoms with Crippen molar-refractivity contribution in [2.75, 3.05) is 23.4 Å². The van der Waals surface area contributed by atoms with Crippen LogP contribution in [0.4, 0.5) is 24.8 Å². The summed E-state index contributed by atoms with van der Waals surface area (Å²) >= 11 is 5.80. The Kier molecular flexibility index (Phi) is 7.10. The number of carbonyl (C=O) groups excluding carboxylic acids is 2. The summed E-state index contributed by atoms with van der Waals surface area (Å²) in [4.78, 5) is 43.7. The van der Waals surface area contributed by atoms with Crippen LogP contribution in [0.15, 0.2) is 43.1 Å². The summed E-state index contributed by atoms with van der Waals surface area (Å²) in [5.41, 5.74) is -0.408. The van der Waals surface area contributed by atoms with Crippen LogP contribution in [0.5, 0.6) is 0 Å². The SMILES string of the molecule is Cc1nc(N2C[C@@H]3C[C@@H]3C2=O)ncc1[C@H](CO)n1cc(NC(=O)c2cncc(-c3c(C(F)F)ccc(Cl)c3F)n2)cn1. The van der Waals surface area contributed by atoms with Crippen molar-refractivity contribution in [2.24, 2.45) is 11.8 Å². The number of benzene rings is 1. The van der Waals surface area contributed by atoms with Gasteiger partial charge in [-0.3, -0.25) is 24.2 Å². The Labute approximate surface area is 241 Å². The first-order valence-electron chi connectivity index (χ1n) is 12.9. The first-order chi connectivity index (χ1) is 20.2. The van der Waals surface area contributed by atoms with E-state index in [4.69, 9.17) is 11.6 Å². The smallest absolute Gasteiger partial charge is 0.275 e. The number of amides is 2. The van der Waals surface area contributed by atoms with E-state index in [1.807, 2.05) is 0 Å². The minimum absolute atomic E-state index is 0.0284. The third kappa shape index (κ3) is 4.96. The zero-order valence-electron chi connectivity index (χ0n) is 21.9. The number of nitrogens with one attached hydrogen (secondary N) is 1. The molecule has 1 aliphatic heterocycles. The van der Waals surface area contributed by atoms with Gasteiger partial charge >= 0.3 is 0 Å². The van der Waals surface area contributed by atoms with E-state index in [1.54, 1.807) is 18.0 Å². The van der Waals surface area contributed by atoms with Gasteiger partial charge in [0.15, 0.2) is 5.82 Å². The summed E-state index contributed by atoms with van der Waals surface area (Å²) in [7, 11) is 0. The predicted molar refractivity (Wildman–Crippen MR) is 144 cm³/mol. The fourth-order valence-electron chi connectivity index (χ4n) is 5.07. The molecule has 1 aliphatic carbocycles. The van der Waals surface area contributed by atoms with Crippen LogP contribution >= 0.6 is 11.6 Å². The van der Waals surface area contributed by atoms with E-state index in [-0.39, 0.29) is 40.5 Å². The standard InChI is InChI=1S/C27H22ClF3N8O3/c1-12-17(6-33-27(35-12)38-9-13-4-16(13)26(38)42)21(11-40)39-10-14(5-34-39)36-25(41)20-8-32-7-19(37-20)22-15(24(30)31)2-3-18(28)23(22)29/h2-3,5-8,10,13,16,21,24,40H,4,9,11H2,1H3,(H,36,41)/t13-,16-,21-/m0/s1. The van der Waals surface area contributed by atoms with Gasteiger partial charge in [-0.2, -0.15) is 5.10 Å². The van der Waals surface area contributed by atoms with Crippen molar-refractivity contribution in [3.8, 4) is 11.3 Å². The molecule has 42 heavy (non-hydrogen) atoms. The number of rotatable bonds is 8. The van der Waals surface area contributed by atoms with Crippen molar-refractivity contribution < 1.29 is 27.9 Å². The largest absolute Gasteiger partial charge is 0.394 e. The number of aliphatic hydroxyl groups is 1. The number of hydrogen-bond donors (Lipinski definition) is 2. The van der Waals surface area contributed by atoms with Crippen LogP contribution in [-0.2, 0) is 4.79 Å². The molecular formula is C27H22ClF3N8O3. The average molecular weight is 599 g/mol. The minimum atomic E-state index is -3.02. The van der Waals surface area contributed by atoms with Crippen LogP contribution < -0.4 is 10.2 Å². The number of aliphatic hydroxyl groups excluding tert-OH is 1. The van der Waals surface area contributed by atoms with Gasteiger partial charge in [0.25, 0.3) is 12.3 Å². The van der Waals surface area contributed by atoms with Crippen molar-refractivity contribution in [1.82, 2.24) is 29.7 Å². The second kappa shape index (κ2) is 10.8. The third-order valence-electron chi connectivity index (χ3n) is 7.37. The van der Waals surface area contributed by atoms with E-state index in [9.17, 15) is 27.9 Å². The van der Waals surface area contributed by atoms with Crippen LogP contribution in [0.3, 0.4) is 0 Å². The number of hydrogen-bond acceptors (Lipinski definition) is 8. The van der Waals surface area contributed by atoms with E-state index in [0.717, 1.165) is 30.9 Å². The summed E-state index contributed by atoms with van der Waals surface area (Å²) < 4.78 is 43.2. The molecule has 15 heteroatoms. The molecule has 2 fully saturated rings. The van der Waals surface area contributed by atoms with Gasteiger partial charge in [0.05, 0.1) is 41.6 Å². The number of alkyl halides is 2. The van der Waals surface area contributed by atoms with Crippen LogP contribution in [0.2, 0.25) is 5.02 Å². The maximum absolute atomic E-state index is 14.7. The third-order valence-corrected chi connectivity index (χ3v) is 7.66. The molecule has 3 aromatic heterocycles. The lowest BCUT2D eigenvalue weighted by molar-refractivity contribution is -0.118. The quantitative estimate of drug-likeness (QED) is 0.310. The van der Waals surface area contributed by atoms with Crippen molar-refractivity contribution in [3.05, 3.63) is 76.5 Å². The highest BCUT2D eigenvalue weighted by molar-refractivity contribution is 6.31. The molecule has 6 rings (SSSR count). The van der Waals surface area contributed by atoms with E-state index >= 15 is 0 Å². The highest BCUT2D eigenvalue weighted by Gasteiger charge is 2.53. The molecule has 0 spiro atoms. The molecule has 2 amide bonds. The average Bonchev–Trinajstić information content (AvgIpc) is 3.48. The fraction of sp³-hybridized carbons (Fsp3) is 0.296. The number of fused-ring (bicyclic) bond motifs is 1. The van der Waals surface area contributed by atoms with Gasteiger partial charge in [-0.15, -0.1) is 0 Å². The Bertz CT molecular complexity index is 1720. The van der Waals surface area contributed by atoms with Crippen LogP contribution in [-0.4, -0.2) is 59.8 Å². The number of aromatic nitrogens is 6. The fourth-order valence-corrected chi connectivity index (χ4v) is 5.23. The topological polar surface area (TPSA) is 139 Å². The van der Waals surface area contributed by atoms with Crippen molar-refractivity contribution >= 4 is 35.1 Å². The van der Waals surface area contributed by atoms with Gasteiger partial charge in [-0.05, 0) is 25.3 Å². The summed E-state index contributed by atoms with van der Waals surface area (Å²) in [5.74, 6) is -1.08. The molecule has 1 aromatic carbocycles. The second-order valence-corrected chi connectivity index (χ2v) is 10.4. The maximum Gasteiger partial charge on any atom is 0.275 e. The second-order valence-electron chi connectivity index (χ2n) is 10.0. The van der Waals surface area contributed by atoms with E-state index in [0.29, 0.717) is 29.7 Å². The van der Waals surface area contributed by atoms with Crippen molar-refractivity contribution in [1.29, 1.82) is 0 Å².